The van der Waals surface area contributed by atoms with Gasteiger partial charge in [-0.05, 0) is 34.9 Å². The van der Waals surface area contributed by atoms with Crippen molar-refractivity contribution in [2.45, 2.75) is 35.0 Å². The van der Waals surface area contributed by atoms with E-state index in [2.05, 4.69) is 22.5 Å². The van der Waals surface area contributed by atoms with Gasteiger partial charge in [-0.15, -0.1) is 6.58 Å². The van der Waals surface area contributed by atoms with Crippen LogP contribution in [0.1, 0.15) is 18.0 Å². The number of nitrogens with zero attached hydrogens (tertiary/aromatic N) is 2. The van der Waals surface area contributed by atoms with E-state index in [1.165, 1.54) is 4.90 Å². The molecule has 1 spiro atoms. The monoisotopic (exact) mass is 604 g/mol. The number of carboxylic acid groups (broad SMARTS) is 1. The lowest BCUT2D eigenvalue weighted by Crippen LogP contribution is -2.57. The number of aliphatic hydroxyl groups is 1. The number of carboxylic acids is 1. The highest BCUT2D eigenvalue weighted by Gasteiger charge is 2.77. The fraction of sp³-hybridized carbons (Fsp3) is 0.323. The SMILES string of the molecule is C=CCN(C(=O)C1N([C@H](CO)c2ccccc2)C(=O)[C@@H]2[C@H](C(=O)O)[C@H]3OC12CC3Br)c1ccc2ccccc2c1. The van der Waals surface area contributed by atoms with Gasteiger partial charge in [-0.2, -0.15) is 0 Å². The van der Waals surface area contributed by atoms with Gasteiger partial charge in [0.15, 0.2) is 0 Å². The summed E-state index contributed by atoms with van der Waals surface area (Å²) in [5, 5.41) is 22.7. The molecule has 206 valence electrons. The van der Waals surface area contributed by atoms with E-state index in [4.69, 9.17) is 4.74 Å². The zero-order chi connectivity index (χ0) is 28.2. The fourth-order valence-corrected chi connectivity index (χ4v) is 7.88. The van der Waals surface area contributed by atoms with Crippen LogP contribution in [0.25, 0.3) is 10.8 Å². The van der Waals surface area contributed by atoms with Crippen LogP contribution >= 0.6 is 15.9 Å². The smallest absolute Gasteiger partial charge is 0.310 e. The molecule has 2 amide bonds. The standard InChI is InChI=1S/C31H29BrN2O6/c1-2-14-33(21-13-12-18-8-6-7-11-20(18)15-21)29(37)27-31-16-22(32)26(40-31)24(30(38)39)25(31)28(36)34(27)23(17-35)19-9-4-3-5-10-19/h2-13,15,22-27,35H,1,14,16-17H2,(H,38,39)/t22?,23-,24+,25+,26+,27?,31?/m1/s1. The molecule has 40 heavy (non-hydrogen) atoms. The first-order chi connectivity index (χ1) is 19.3. The van der Waals surface area contributed by atoms with Crippen LogP contribution in [0, 0.1) is 11.8 Å². The second-order valence-corrected chi connectivity index (χ2v) is 11.8. The first-order valence-electron chi connectivity index (χ1n) is 13.3. The Kier molecular flexibility index (Phi) is 6.76. The predicted octanol–water partition coefficient (Wildman–Crippen LogP) is 3.93. The van der Waals surface area contributed by atoms with Crippen LogP contribution in [0.2, 0.25) is 0 Å². The number of hydrogen-bond donors (Lipinski definition) is 2. The zero-order valence-electron chi connectivity index (χ0n) is 21.6. The maximum atomic E-state index is 14.7. The predicted molar refractivity (Wildman–Crippen MR) is 153 cm³/mol. The minimum absolute atomic E-state index is 0.162. The number of carbonyl (C=O) groups is 3. The summed E-state index contributed by atoms with van der Waals surface area (Å²) in [7, 11) is 0. The number of ether oxygens (including phenoxy) is 1. The summed E-state index contributed by atoms with van der Waals surface area (Å²) in [5.41, 5.74) is -0.103. The van der Waals surface area contributed by atoms with E-state index in [0.29, 0.717) is 11.3 Å². The first-order valence-corrected chi connectivity index (χ1v) is 14.2. The second-order valence-electron chi connectivity index (χ2n) is 10.6. The van der Waals surface area contributed by atoms with Gasteiger partial charge in [0.2, 0.25) is 5.91 Å². The Morgan fingerprint density at radius 2 is 1.82 bits per heavy atom. The number of alkyl halides is 1. The summed E-state index contributed by atoms with van der Waals surface area (Å²) in [6.45, 7) is 3.57. The summed E-state index contributed by atoms with van der Waals surface area (Å²) in [6.07, 6.45) is 1.16. The number of carbonyl (C=O) groups excluding carboxylic acids is 2. The first kappa shape index (κ1) is 26.7. The Bertz CT molecular complexity index is 1500. The summed E-state index contributed by atoms with van der Waals surface area (Å²) in [5.74, 6) is -4.22. The summed E-state index contributed by atoms with van der Waals surface area (Å²) in [4.78, 5) is 44.1. The van der Waals surface area contributed by atoms with E-state index in [1.807, 2.05) is 48.5 Å². The molecule has 6 rings (SSSR count). The molecule has 7 atom stereocenters. The minimum atomic E-state index is -1.37. The lowest BCUT2D eigenvalue weighted by atomic mass is 9.70. The van der Waals surface area contributed by atoms with Crippen molar-refractivity contribution in [3.63, 3.8) is 0 Å². The molecule has 8 nitrogen and oxygen atoms in total. The molecule has 0 aliphatic carbocycles. The van der Waals surface area contributed by atoms with Gasteiger partial charge < -0.3 is 24.7 Å². The third kappa shape index (κ3) is 3.90. The Morgan fingerprint density at radius 1 is 1.12 bits per heavy atom. The van der Waals surface area contributed by atoms with Gasteiger partial charge in [-0.25, -0.2) is 0 Å². The number of hydrogen-bond acceptors (Lipinski definition) is 5. The molecule has 3 unspecified atom stereocenters. The molecule has 0 aromatic heterocycles. The third-order valence-electron chi connectivity index (χ3n) is 8.56. The largest absolute Gasteiger partial charge is 0.481 e. The third-order valence-corrected chi connectivity index (χ3v) is 9.41. The van der Waals surface area contributed by atoms with Crippen LogP contribution in [0.3, 0.4) is 0 Å². The highest BCUT2D eigenvalue weighted by Crippen LogP contribution is 2.61. The Labute approximate surface area is 240 Å². The molecule has 0 saturated carbocycles. The van der Waals surface area contributed by atoms with Crippen molar-refractivity contribution in [1.29, 1.82) is 0 Å². The van der Waals surface area contributed by atoms with E-state index in [9.17, 15) is 24.6 Å². The molecule has 3 aromatic carbocycles. The van der Waals surface area contributed by atoms with Crippen molar-refractivity contribution >= 4 is 50.2 Å². The van der Waals surface area contributed by atoms with Gasteiger partial charge in [-0.3, -0.25) is 14.4 Å². The molecule has 3 aliphatic rings. The highest BCUT2D eigenvalue weighted by atomic mass is 79.9. The minimum Gasteiger partial charge on any atom is -0.481 e. The van der Waals surface area contributed by atoms with Crippen LogP contribution in [0.15, 0.2) is 85.5 Å². The maximum absolute atomic E-state index is 14.7. The van der Waals surface area contributed by atoms with Crippen LogP contribution in [-0.2, 0) is 19.1 Å². The molecule has 2 N–H and O–H groups in total. The van der Waals surface area contributed by atoms with Gasteiger partial charge >= 0.3 is 5.97 Å². The molecule has 3 aliphatic heterocycles. The van der Waals surface area contributed by atoms with Crippen LogP contribution in [0.5, 0.6) is 0 Å². The molecule has 3 fully saturated rings. The number of halogens is 1. The number of benzene rings is 3. The maximum Gasteiger partial charge on any atom is 0.310 e. The number of aliphatic carboxylic acids is 1. The summed E-state index contributed by atoms with van der Waals surface area (Å²) < 4.78 is 6.42. The number of fused-ring (bicyclic) bond motifs is 2. The average Bonchev–Trinajstić information content (AvgIpc) is 3.56. The second kappa shape index (κ2) is 10.1. The van der Waals surface area contributed by atoms with Crippen LogP contribution in [0.4, 0.5) is 5.69 Å². The van der Waals surface area contributed by atoms with Crippen molar-refractivity contribution in [3.05, 3.63) is 91.0 Å². The number of likely N-dealkylation sites (tertiary alicyclic amines) is 1. The molecular formula is C31H29BrN2O6. The number of anilines is 1. The van der Waals surface area contributed by atoms with Crippen molar-refractivity contribution in [2.75, 3.05) is 18.1 Å². The van der Waals surface area contributed by atoms with Gasteiger partial charge in [0.1, 0.15) is 11.6 Å². The Morgan fingerprint density at radius 3 is 2.50 bits per heavy atom. The molecule has 0 radical (unpaired) electrons. The topological polar surface area (TPSA) is 107 Å². The summed E-state index contributed by atoms with van der Waals surface area (Å²) in [6, 6.07) is 20.5. The Balaban J connectivity index is 1.51. The normalized spacial score (nSPS) is 29.4. The van der Waals surface area contributed by atoms with Crippen LogP contribution < -0.4 is 4.90 Å². The van der Waals surface area contributed by atoms with Gasteiger partial charge in [0.05, 0.1) is 30.6 Å². The number of aliphatic hydroxyl groups excluding tert-OH is 1. The van der Waals surface area contributed by atoms with Crippen molar-refractivity contribution in [2.24, 2.45) is 11.8 Å². The lowest BCUT2D eigenvalue weighted by Gasteiger charge is -2.39. The van der Waals surface area contributed by atoms with E-state index in [0.717, 1.165) is 10.8 Å². The molecule has 3 saturated heterocycles. The fourth-order valence-electron chi connectivity index (χ4n) is 6.94. The molecular weight excluding hydrogens is 576 g/mol. The van der Waals surface area contributed by atoms with E-state index in [1.54, 1.807) is 35.2 Å². The van der Waals surface area contributed by atoms with Crippen LogP contribution in [-0.4, -0.2) is 68.6 Å². The highest BCUT2D eigenvalue weighted by molar-refractivity contribution is 9.09. The molecule has 3 aromatic rings. The van der Waals surface area contributed by atoms with Gasteiger partial charge in [-0.1, -0.05) is 82.7 Å². The summed E-state index contributed by atoms with van der Waals surface area (Å²) >= 11 is 3.58. The Hall–Kier alpha value is -3.53. The van der Waals surface area contributed by atoms with Gasteiger partial charge in [0.25, 0.3) is 5.91 Å². The molecule has 3 heterocycles. The van der Waals surface area contributed by atoms with Crippen molar-refractivity contribution in [1.82, 2.24) is 4.90 Å². The lowest BCUT2D eigenvalue weighted by molar-refractivity contribution is -0.151. The van der Waals surface area contributed by atoms with E-state index >= 15 is 0 Å². The van der Waals surface area contributed by atoms with E-state index < -0.39 is 60.0 Å². The number of rotatable bonds is 8. The zero-order valence-corrected chi connectivity index (χ0v) is 23.2. The quantitative estimate of drug-likeness (QED) is 0.298. The number of amides is 2. The van der Waals surface area contributed by atoms with Crippen molar-refractivity contribution in [3.8, 4) is 0 Å². The molecule has 9 heteroatoms. The van der Waals surface area contributed by atoms with Crippen molar-refractivity contribution < 1.29 is 29.3 Å². The van der Waals surface area contributed by atoms with E-state index in [-0.39, 0.29) is 17.8 Å². The average molecular weight is 605 g/mol. The molecule has 2 bridgehead atoms. The van der Waals surface area contributed by atoms with Gasteiger partial charge in [0, 0.05) is 17.1 Å².